The predicted octanol–water partition coefficient (Wildman–Crippen LogP) is 2.74. The number of benzene rings is 1. The van der Waals surface area contributed by atoms with Crippen molar-refractivity contribution < 1.29 is 14.4 Å². The first-order valence-corrected chi connectivity index (χ1v) is 10.4. The minimum absolute atomic E-state index is 0.116. The molecule has 156 valence electrons. The zero-order valence-corrected chi connectivity index (χ0v) is 17.4. The third kappa shape index (κ3) is 5.02. The van der Waals surface area contributed by atoms with Crippen LogP contribution < -0.4 is 10.6 Å². The second-order valence-electron chi connectivity index (χ2n) is 8.01. The summed E-state index contributed by atoms with van der Waals surface area (Å²) in [5.74, 6) is -0.495. The summed E-state index contributed by atoms with van der Waals surface area (Å²) in [5.41, 5.74) is 1.22. The Labute approximate surface area is 171 Å². The minimum atomic E-state index is -0.616. The van der Waals surface area contributed by atoms with E-state index in [9.17, 15) is 14.4 Å². The fraction of sp³-hybridized carbons (Fsp3) is 0.545. The highest BCUT2D eigenvalue weighted by Crippen LogP contribution is 2.26. The van der Waals surface area contributed by atoms with Crippen LogP contribution in [0, 0.1) is 5.92 Å². The summed E-state index contributed by atoms with van der Waals surface area (Å²) in [6, 6.07) is 4.59. The Morgan fingerprint density at radius 1 is 1.28 bits per heavy atom. The number of nitrogens with zero attached hydrogens (tertiary/aromatic N) is 2. The number of carbonyl (C=O) groups excluding carboxylic acids is 3. The number of amides is 2. The number of Topliss-reactive ketones (excluding diaryl/α,β-unsaturated/α-hetero) is 1. The van der Waals surface area contributed by atoms with E-state index < -0.39 is 6.04 Å². The van der Waals surface area contributed by atoms with Gasteiger partial charge >= 0.3 is 0 Å². The number of rotatable bonds is 8. The van der Waals surface area contributed by atoms with Gasteiger partial charge in [-0.15, -0.1) is 0 Å². The van der Waals surface area contributed by atoms with Gasteiger partial charge in [0.25, 0.3) is 5.91 Å². The summed E-state index contributed by atoms with van der Waals surface area (Å²) < 4.78 is 1.71. The van der Waals surface area contributed by atoms with Crippen LogP contribution in [0.5, 0.6) is 0 Å². The van der Waals surface area contributed by atoms with E-state index in [0.29, 0.717) is 12.0 Å². The van der Waals surface area contributed by atoms with Crippen LogP contribution in [-0.2, 0) is 16.6 Å². The Bertz CT molecular complexity index is 905. The summed E-state index contributed by atoms with van der Waals surface area (Å²) in [5, 5.41) is 11.2. The number of hydrogen-bond acceptors (Lipinski definition) is 4. The van der Waals surface area contributed by atoms with E-state index in [0.717, 1.165) is 43.0 Å². The van der Waals surface area contributed by atoms with Crippen molar-refractivity contribution in [2.75, 3.05) is 0 Å². The van der Waals surface area contributed by atoms with Crippen LogP contribution in [0.2, 0.25) is 0 Å². The van der Waals surface area contributed by atoms with Crippen molar-refractivity contribution in [2.24, 2.45) is 13.0 Å². The minimum Gasteiger partial charge on any atom is -0.351 e. The van der Waals surface area contributed by atoms with Crippen molar-refractivity contribution >= 4 is 28.5 Å². The topological polar surface area (TPSA) is 93.1 Å². The quantitative estimate of drug-likeness (QED) is 0.715. The Morgan fingerprint density at radius 3 is 2.79 bits per heavy atom. The fourth-order valence-corrected chi connectivity index (χ4v) is 4.10. The highest BCUT2D eigenvalue weighted by molar-refractivity contribution is 6.00. The van der Waals surface area contributed by atoms with Gasteiger partial charge in [-0.25, -0.2) is 0 Å². The average Bonchev–Trinajstić information content (AvgIpc) is 3.29. The van der Waals surface area contributed by atoms with Crippen molar-refractivity contribution in [3.05, 3.63) is 30.0 Å². The maximum atomic E-state index is 12.9. The van der Waals surface area contributed by atoms with Crippen LogP contribution in [0.1, 0.15) is 62.7 Å². The van der Waals surface area contributed by atoms with Crippen LogP contribution in [-0.4, -0.2) is 39.5 Å². The average molecular weight is 399 g/mol. The number of carbonyl (C=O) groups is 3. The molecule has 1 aromatic carbocycles. The molecular formula is C22H30N4O3. The van der Waals surface area contributed by atoms with E-state index in [2.05, 4.69) is 22.7 Å². The number of fused-ring (bicyclic) bond motifs is 1. The summed E-state index contributed by atoms with van der Waals surface area (Å²) in [6.07, 6.45) is 6.78. The normalized spacial score (nSPS) is 19.8. The summed E-state index contributed by atoms with van der Waals surface area (Å²) in [7, 11) is 1.84. The molecule has 0 saturated heterocycles. The molecule has 1 fully saturated rings. The van der Waals surface area contributed by atoms with Gasteiger partial charge in [-0.1, -0.05) is 32.3 Å². The molecule has 7 nitrogen and oxygen atoms in total. The van der Waals surface area contributed by atoms with E-state index in [1.807, 2.05) is 19.3 Å². The van der Waals surface area contributed by atoms with Gasteiger partial charge in [0, 0.05) is 36.2 Å². The molecule has 0 spiro atoms. The van der Waals surface area contributed by atoms with Crippen molar-refractivity contribution in [1.82, 2.24) is 20.4 Å². The first kappa shape index (κ1) is 21.0. The molecule has 7 heteroatoms. The predicted molar refractivity (Wildman–Crippen MR) is 111 cm³/mol. The van der Waals surface area contributed by atoms with E-state index in [-0.39, 0.29) is 29.6 Å². The van der Waals surface area contributed by atoms with E-state index in [1.54, 1.807) is 23.7 Å². The lowest BCUT2D eigenvalue weighted by Gasteiger charge is -2.23. The molecule has 2 N–H and O–H groups in total. The molecule has 2 aromatic rings. The number of nitrogens with one attached hydrogen (secondary N) is 2. The second-order valence-corrected chi connectivity index (χ2v) is 8.01. The van der Waals surface area contributed by atoms with E-state index in [4.69, 9.17) is 0 Å². The largest absolute Gasteiger partial charge is 0.351 e. The molecule has 0 bridgehead atoms. The summed E-state index contributed by atoms with van der Waals surface area (Å²) >= 11 is 0. The van der Waals surface area contributed by atoms with Crippen molar-refractivity contribution in [2.45, 2.75) is 64.5 Å². The molecule has 2 amide bonds. The SMILES string of the molecule is CCCC[C@H](NC(=O)c1ccc2cn(C)nc2c1)C(=O)N[C@H]1CCC[C@H]1C(C)=O. The van der Waals surface area contributed by atoms with Crippen LogP contribution >= 0.6 is 0 Å². The highest BCUT2D eigenvalue weighted by Gasteiger charge is 2.33. The zero-order valence-electron chi connectivity index (χ0n) is 17.4. The smallest absolute Gasteiger partial charge is 0.252 e. The Morgan fingerprint density at radius 2 is 2.07 bits per heavy atom. The molecule has 1 aromatic heterocycles. The van der Waals surface area contributed by atoms with Crippen LogP contribution in [0.25, 0.3) is 10.9 Å². The molecule has 1 saturated carbocycles. The first-order valence-electron chi connectivity index (χ1n) is 10.4. The number of ketones is 1. The molecular weight excluding hydrogens is 368 g/mol. The van der Waals surface area contributed by atoms with Crippen molar-refractivity contribution in [3.63, 3.8) is 0 Å². The Kier molecular flexibility index (Phi) is 6.67. The number of unbranched alkanes of at least 4 members (excludes halogenated alkanes) is 1. The molecule has 0 radical (unpaired) electrons. The van der Waals surface area contributed by atoms with Gasteiger partial charge in [-0.2, -0.15) is 5.10 Å². The number of aromatic nitrogens is 2. The van der Waals surface area contributed by atoms with Gasteiger partial charge in [0.1, 0.15) is 11.8 Å². The Hall–Kier alpha value is -2.70. The highest BCUT2D eigenvalue weighted by atomic mass is 16.2. The van der Waals surface area contributed by atoms with E-state index >= 15 is 0 Å². The van der Waals surface area contributed by atoms with Crippen LogP contribution in [0.4, 0.5) is 0 Å². The molecule has 3 rings (SSSR count). The standard InChI is InChI=1S/C22H30N4O3/c1-4-5-8-19(22(29)23-18-9-6-7-17(18)14(2)27)24-21(28)15-10-11-16-13-26(3)25-20(16)12-15/h10-13,17-19H,4-9H2,1-3H3,(H,23,29)(H,24,28)/t17-,18-,19-/m0/s1. The van der Waals surface area contributed by atoms with Crippen LogP contribution in [0.3, 0.4) is 0 Å². The lowest BCUT2D eigenvalue weighted by Crippen LogP contribution is -2.51. The molecule has 0 unspecified atom stereocenters. The van der Waals surface area contributed by atoms with Gasteiger partial charge in [0.05, 0.1) is 5.52 Å². The summed E-state index contributed by atoms with van der Waals surface area (Å²) in [6.45, 7) is 3.63. The maximum absolute atomic E-state index is 12.9. The van der Waals surface area contributed by atoms with Crippen molar-refractivity contribution in [3.8, 4) is 0 Å². The lowest BCUT2D eigenvalue weighted by molar-refractivity contribution is -0.125. The first-order chi connectivity index (χ1) is 13.9. The van der Waals surface area contributed by atoms with Crippen molar-refractivity contribution in [1.29, 1.82) is 0 Å². The Balaban J connectivity index is 1.70. The van der Waals surface area contributed by atoms with Gasteiger partial charge in [-0.05, 0) is 38.3 Å². The zero-order chi connectivity index (χ0) is 21.0. The second kappa shape index (κ2) is 9.20. The third-order valence-corrected chi connectivity index (χ3v) is 5.72. The molecule has 1 heterocycles. The molecule has 1 aliphatic carbocycles. The maximum Gasteiger partial charge on any atom is 0.252 e. The van der Waals surface area contributed by atoms with Crippen LogP contribution in [0.15, 0.2) is 24.4 Å². The monoisotopic (exact) mass is 398 g/mol. The molecule has 29 heavy (non-hydrogen) atoms. The van der Waals surface area contributed by atoms with Gasteiger partial charge in [0.2, 0.25) is 5.91 Å². The molecule has 3 atom stereocenters. The summed E-state index contributed by atoms with van der Waals surface area (Å²) in [4.78, 5) is 37.5. The fourth-order valence-electron chi connectivity index (χ4n) is 4.10. The number of aryl methyl sites for hydroxylation is 1. The van der Waals surface area contributed by atoms with Gasteiger partial charge in [0.15, 0.2) is 0 Å². The molecule has 0 aliphatic heterocycles. The number of hydrogen-bond donors (Lipinski definition) is 2. The van der Waals surface area contributed by atoms with E-state index in [1.165, 1.54) is 0 Å². The van der Waals surface area contributed by atoms with Gasteiger partial charge in [-0.3, -0.25) is 19.1 Å². The third-order valence-electron chi connectivity index (χ3n) is 5.72. The molecule has 1 aliphatic rings. The lowest BCUT2D eigenvalue weighted by atomic mass is 9.98. The van der Waals surface area contributed by atoms with Gasteiger partial charge < -0.3 is 10.6 Å².